The molecule has 0 aromatic heterocycles. The van der Waals surface area contributed by atoms with Crippen molar-refractivity contribution in [2.24, 2.45) is 5.92 Å². The second kappa shape index (κ2) is 6.57. The second-order valence-electron chi connectivity index (χ2n) is 4.93. The van der Waals surface area contributed by atoms with Crippen molar-refractivity contribution in [3.63, 3.8) is 0 Å². The zero-order chi connectivity index (χ0) is 13.7. The highest BCUT2D eigenvalue weighted by Crippen LogP contribution is 2.24. The van der Waals surface area contributed by atoms with Crippen LogP contribution in [-0.4, -0.2) is 30.3 Å². The third kappa shape index (κ3) is 3.70. The summed E-state index contributed by atoms with van der Waals surface area (Å²) in [5, 5.41) is 12.6. The van der Waals surface area contributed by atoms with Crippen LogP contribution in [0.15, 0.2) is 24.3 Å². The topological polar surface area (TPSA) is 58.6 Å². The molecule has 0 heterocycles. The molecule has 1 aliphatic rings. The Balaban J connectivity index is 1.90. The molecule has 104 valence electrons. The van der Waals surface area contributed by atoms with Crippen molar-refractivity contribution in [2.45, 2.75) is 32.3 Å². The van der Waals surface area contributed by atoms with E-state index in [1.54, 1.807) is 12.1 Å². The number of nitrogens with one attached hydrogen (secondary N) is 1. The molecule has 4 heteroatoms. The molecule has 4 nitrogen and oxygen atoms in total. The maximum Gasteiger partial charge on any atom is 0.251 e. The zero-order valence-electron chi connectivity index (χ0n) is 11.3. The van der Waals surface area contributed by atoms with Crippen molar-refractivity contribution in [3.05, 3.63) is 29.8 Å². The zero-order valence-corrected chi connectivity index (χ0v) is 11.3. The minimum atomic E-state index is -0.268. The van der Waals surface area contributed by atoms with E-state index in [0.29, 0.717) is 24.5 Å². The molecule has 1 fully saturated rings. The molecule has 1 aromatic carbocycles. The van der Waals surface area contributed by atoms with E-state index < -0.39 is 0 Å². The first kappa shape index (κ1) is 13.9. The number of carbonyl (C=O) groups is 1. The van der Waals surface area contributed by atoms with Gasteiger partial charge in [0.1, 0.15) is 5.75 Å². The average Bonchev–Trinajstić information content (AvgIpc) is 2.82. The number of carbonyl (C=O) groups excluding carboxylic acids is 1. The van der Waals surface area contributed by atoms with Gasteiger partial charge < -0.3 is 15.2 Å². The van der Waals surface area contributed by atoms with Gasteiger partial charge in [-0.2, -0.15) is 0 Å². The Bertz CT molecular complexity index is 433. The van der Waals surface area contributed by atoms with Gasteiger partial charge in [0.05, 0.1) is 12.7 Å². The quantitative estimate of drug-likeness (QED) is 0.854. The second-order valence-corrected chi connectivity index (χ2v) is 4.93. The van der Waals surface area contributed by atoms with Gasteiger partial charge in [-0.1, -0.05) is 12.5 Å². The lowest BCUT2D eigenvalue weighted by Gasteiger charge is -2.15. The summed E-state index contributed by atoms with van der Waals surface area (Å²) < 4.78 is 5.37. The molecule has 2 N–H and O–H groups in total. The largest absolute Gasteiger partial charge is 0.494 e. The summed E-state index contributed by atoms with van der Waals surface area (Å²) in [6.45, 7) is 3.03. The Morgan fingerprint density at radius 2 is 2.32 bits per heavy atom. The highest BCUT2D eigenvalue weighted by atomic mass is 16.5. The number of aliphatic hydroxyl groups is 1. The number of hydrogen-bond acceptors (Lipinski definition) is 3. The Morgan fingerprint density at radius 1 is 1.47 bits per heavy atom. The van der Waals surface area contributed by atoms with E-state index in [-0.39, 0.29) is 17.9 Å². The van der Waals surface area contributed by atoms with Gasteiger partial charge in [0.25, 0.3) is 5.91 Å². The van der Waals surface area contributed by atoms with E-state index in [2.05, 4.69) is 5.32 Å². The summed E-state index contributed by atoms with van der Waals surface area (Å²) in [5.74, 6) is 0.788. The number of aliphatic hydroxyl groups excluding tert-OH is 1. The summed E-state index contributed by atoms with van der Waals surface area (Å²) in [6, 6.07) is 7.15. The SMILES string of the molecule is CCOc1cccc(C(=O)NCC2CCCC2O)c1. The van der Waals surface area contributed by atoms with Crippen molar-refractivity contribution in [1.82, 2.24) is 5.32 Å². The van der Waals surface area contributed by atoms with Crippen LogP contribution in [0.25, 0.3) is 0 Å². The van der Waals surface area contributed by atoms with Crippen LogP contribution in [0.5, 0.6) is 5.75 Å². The van der Waals surface area contributed by atoms with Crippen molar-refractivity contribution < 1.29 is 14.6 Å². The van der Waals surface area contributed by atoms with Gasteiger partial charge in [-0.3, -0.25) is 4.79 Å². The van der Waals surface area contributed by atoms with Crippen molar-refractivity contribution >= 4 is 5.91 Å². The summed E-state index contributed by atoms with van der Waals surface area (Å²) in [6.07, 6.45) is 2.61. The van der Waals surface area contributed by atoms with Crippen LogP contribution in [0.4, 0.5) is 0 Å². The van der Waals surface area contributed by atoms with Crippen LogP contribution in [0.3, 0.4) is 0 Å². The highest BCUT2D eigenvalue weighted by molar-refractivity contribution is 5.94. The first-order valence-electron chi connectivity index (χ1n) is 6.90. The minimum Gasteiger partial charge on any atom is -0.494 e. The molecule has 0 radical (unpaired) electrons. The lowest BCUT2D eigenvalue weighted by Crippen LogP contribution is -2.32. The Labute approximate surface area is 113 Å². The van der Waals surface area contributed by atoms with Gasteiger partial charge in [-0.15, -0.1) is 0 Å². The number of rotatable bonds is 5. The van der Waals surface area contributed by atoms with Crippen molar-refractivity contribution in [1.29, 1.82) is 0 Å². The Hall–Kier alpha value is -1.55. The summed E-state index contributed by atoms with van der Waals surface area (Å²) in [7, 11) is 0. The molecule has 0 spiro atoms. The number of ether oxygens (including phenoxy) is 1. The molecular formula is C15H21NO3. The van der Waals surface area contributed by atoms with Crippen molar-refractivity contribution in [2.75, 3.05) is 13.2 Å². The minimum absolute atomic E-state index is 0.111. The molecule has 1 saturated carbocycles. The third-order valence-electron chi connectivity index (χ3n) is 3.55. The fourth-order valence-corrected chi connectivity index (χ4v) is 2.48. The molecule has 0 saturated heterocycles. The number of amides is 1. The molecule has 2 rings (SSSR count). The smallest absolute Gasteiger partial charge is 0.251 e. The third-order valence-corrected chi connectivity index (χ3v) is 3.55. The first-order valence-corrected chi connectivity index (χ1v) is 6.90. The van der Waals surface area contributed by atoms with Gasteiger partial charge in [-0.25, -0.2) is 0 Å². The van der Waals surface area contributed by atoms with E-state index in [1.807, 2.05) is 19.1 Å². The highest BCUT2D eigenvalue weighted by Gasteiger charge is 2.25. The maximum absolute atomic E-state index is 12.0. The maximum atomic E-state index is 12.0. The van der Waals surface area contributed by atoms with Crippen LogP contribution in [0, 0.1) is 5.92 Å². The Kier molecular flexibility index (Phi) is 4.80. The van der Waals surface area contributed by atoms with Gasteiger partial charge in [0, 0.05) is 18.0 Å². The molecule has 2 atom stereocenters. The fraction of sp³-hybridized carbons (Fsp3) is 0.533. The summed E-state index contributed by atoms with van der Waals surface area (Å²) in [4.78, 5) is 12.0. The first-order chi connectivity index (χ1) is 9.20. The van der Waals surface area contributed by atoms with Gasteiger partial charge >= 0.3 is 0 Å². The van der Waals surface area contributed by atoms with E-state index in [4.69, 9.17) is 4.74 Å². The normalized spacial score (nSPS) is 22.2. The molecule has 0 aliphatic heterocycles. The summed E-state index contributed by atoms with van der Waals surface area (Å²) in [5.41, 5.74) is 0.596. The van der Waals surface area contributed by atoms with E-state index >= 15 is 0 Å². The van der Waals surface area contributed by atoms with Crippen LogP contribution in [0.2, 0.25) is 0 Å². The van der Waals surface area contributed by atoms with E-state index in [1.165, 1.54) is 0 Å². The summed E-state index contributed by atoms with van der Waals surface area (Å²) >= 11 is 0. The molecule has 1 aliphatic carbocycles. The monoisotopic (exact) mass is 263 g/mol. The van der Waals surface area contributed by atoms with Crippen LogP contribution in [0.1, 0.15) is 36.5 Å². The molecule has 0 bridgehead atoms. The predicted molar refractivity (Wildman–Crippen MR) is 73.3 cm³/mol. The molecule has 2 unspecified atom stereocenters. The number of benzene rings is 1. The van der Waals surface area contributed by atoms with Crippen molar-refractivity contribution in [3.8, 4) is 5.75 Å². The lowest BCUT2D eigenvalue weighted by atomic mass is 10.1. The van der Waals surface area contributed by atoms with E-state index in [0.717, 1.165) is 19.3 Å². The Morgan fingerprint density at radius 3 is 3.00 bits per heavy atom. The molecule has 19 heavy (non-hydrogen) atoms. The fourth-order valence-electron chi connectivity index (χ4n) is 2.48. The van der Waals surface area contributed by atoms with Crippen LogP contribution < -0.4 is 10.1 Å². The van der Waals surface area contributed by atoms with Crippen LogP contribution in [-0.2, 0) is 0 Å². The van der Waals surface area contributed by atoms with Gasteiger partial charge in [0.15, 0.2) is 0 Å². The van der Waals surface area contributed by atoms with Crippen LogP contribution >= 0.6 is 0 Å². The van der Waals surface area contributed by atoms with Gasteiger partial charge in [-0.05, 0) is 38.0 Å². The molecular weight excluding hydrogens is 242 g/mol. The molecule has 1 aromatic rings. The standard InChI is InChI=1S/C15H21NO3/c1-2-19-13-7-3-5-11(9-13)15(18)16-10-12-6-4-8-14(12)17/h3,5,7,9,12,14,17H,2,4,6,8,10H2,1H3,(H,16,18). The van der Waals surface area contributed by atoms with Gasteiger partial charge in [0.2, 0.25) is 0 Å². The average molecular weight is 263 g/mol. The lowest BCUT2D eigenvalue weighted by molar-refractivity contribution is 0.0916. The van der Waals surface area contributed by atoms with E-state index in [9.17, 15) is 9.90 Å². The number of hydrogen-bond donors (Lipinski definition) is 2. The molecule has 1 amide bonds. The predicted octanol–water partition coefficient (Wildman–Crippen LogP) is 1.98.